The second-order valence-corrected chi connectivity index (χ2v) is 5.42. The second-order valence-electron chi connectivity index (χ2n) is 4.67. The SMILES string of the molecule is CCc1nnsc1C(=O)NC1(C)CCNCC1.Cl. The van der Waals surface area contributed by atoms with Crippen molar-refractivity contribution in [1.29, 1.82) is 0 Å². The topological polar surface area (TPSA) is 66.9 Å². The van der Waals surface area contributed by atoms with E-state index in [9.17, 15) is 4.79 Å². The van der Waals surface area contributed by atoms with E-state index in [2.05, 4.69) is 27.1 Å². The predicted octanol–water partition coefficient (Wildman–Crippen LogP) is 1.39. The molecule has 0 aromatic carbocycles. The van der Waals surface area contributed by atoms with Gasteiger partial charge in [0, 0.05) is 5.54 Å². The Bertz CT molecular complexity index is 404. The Morgan fingerprint density at radius 2 is 2.17 bits per heavy atom. The van der Waals surface area contributed by atoms with Gasteiger partial charge in [-0.05, 0) is 50.8 Å². The average Bonchev–Trinajstić information content (AvgIpc) is 2.77. The molecule has 18 heavy (non-hydrogen) atoms. The van der Waals surface area contributed by atoms with Crippen molar-refractivity contribution in [1.82, 2.24) is 20.2 Å². The van der Waals surface area contributed by atoms with Gasteiger partial charge in [0.2, 0.25) is 0 Å². The fourth-order valence-corrected chi connectivity index (χ4v) is 2.69. The lowest BCUT2D eigenvalue weighted by molar-refractivity contribution is 0.0890. The van der Waals surface area contributed by atoms with Gasteiger partial charge in [-0.2, -0.15) is 0 Å². The van der Waals surface area contributed by atoms with Crippen molar-refractivity contribution >= 4 is 29.8 Å². The highest BCUT2D eigenvalue weighted by Crippen LogP contribution is 2.19. The van der Waals surface area contributed by atoms with E-state index in [1.165, 1.54) is 11.5 Å². The van der Waals surface area contributed by atoms with Crippen LogP contribution in [0.2, 0.25) is 0 Å². The summed E-state index contributed by atoms with van der Waals surface area (Å²) in [6, 6.07) is 0. The molecule has 2 rings (SSSR count). The van der Waals surface area contributed by atoms with Crippen LogP contribution >= 0.6 is 23.9 Å². The van der Waals surface area contributed by atoms with Gasteiger partial charge in [0.1, 0.15) is 4.88 Å². The summed E-state index contributed by atoms with van der Waals surface area (Å²) in [6.07, 6.45) is 2.68. The summed E-state index contributed by atoms with van der Waals surface area (Å²) in [5.41, 5.74) is 0.696. The number of carbonyl (C=O) groups is 1. The lowest BCUT2D eigenvalue weighted by Crippen LogP contribution is -2.52. The smallest absolute Gasteiger partial charge is 0.265 e. The zero-order chi connectivity index (χ0) is 12.3. The minimum atomic E-state index is -0.0999. The van der Waals surface area contributed by atoms with E-state index in [0.29, 0.717) is 4.88 Å². The fraction of sp³-hybridized carbons (Fsp3) is 0.727. The second kappa shape index (κ2) is 6.45. The Morgan fingerprint density at radius 1 is 1.50 bits per heavy atom. The molecule has 0 atom stereocenters. The minimum absolute atomic E-state index is 0. The van der Waals surface area contributed by atoms with Crippen molar-refractivity contribution in [2.75, 3.05) is 13.1 Å². The molecule has 1 saturated heterocycles. The first kappa shape index (κ1) is 15.3. The molecule has 1 fully saturated rings. The van der Waals surface area contributed by atoms with E-state index in [-0.39, 0.29) is 23.9 Å². The molecule has 1 amide bonds. The number of carbonyl (C=O) groups excluding carboxylic acids is 1. The molecular weight excluding hydrogens is 272 g/mol. The molecule has 0 bridgehead atoms. The number of amides is 1. The van der Waals surface area contributed by atoms with Crippen LogP contribution in [0, 0.1) is 0 Å². The van der Waals surface area contributed by atoms with Gasteiger partial charge in [0.25, 0.3) is 5.91 Å². The van der Waals surface area contributed by atoms with Crippen molar-refractivity contribution in [2.24, 2.45) is 0 Å². The normalized spacial score (nSPS) is 17.9. The maximum absolute atomic E-state index is 12.2. The molecule has 1 aromatic heterocycles. The number of aryl methyl sites for hydroxylation is 1. The van der Waals surface area contributed by atoms with Gasteiger partial charge < -0.3 is 10.6 Å². The van der Waals surface area contributed by atoms with Crippen molar-refractivity contribution in [2.45, 2.75) is 38.6 Å². The molecule has 2 heterocycles. The monoisotopic (exact) mass is 290 g/mol. The summed E-state index contributed by atoms with van der Waals surface area (Å²) >= 11 is 1.18. The molecule has 102 valence electrons. The quantitative estimate of drug-likeness (QED) is 0.883. The molecule has 0 aliphatic carbocycles. The highest BCUT2D eigenvalue weighted by molar-refractivity contribution is 7.08. The maximum Gasteiger partial charge on any atom is 0.265 e. The highest BCUT2D eigenvalue weighted by atomic mass is 35.5. The number of rotatable bonds is 3. The molecule has 1 aliphatic heterocycles. The number of aromatic nitrogens is 2. The van der Waals surface area contributed by atoms with Gasteiger partial charge in [-0.15, -0.1) is 17.5 Å². The van der Waals surface area contributed by atoms with E-state index >= 15 is 0 Å². The molecule has 5 nitrogen and oxygen atoms in total. The van der Waals surface area contributed by atoms with Crippen LogP contribution < -0.4 is 10.6 Å². The van der Waals surface area contributed by atoms with Crippen molar-refractivity contribution < 1.29 is 4.79 Å². The van der Waals surface area contributed by atoms with Crippen LogP contribution in [0.5, 0.6) is 0 Å². The van der Waals surface area contributed by atoms with Crippen LogP contribution in [-0.2, 0) is 6.42 Å². The minimum Gasteiger partial charge on any atom is -0.346 e. The van der Waals surface area contributed by atoms with E-state index in [1.807, 2.05) is 6.92 Å². The predicted molar refractivity (Wildman–Crippen MR) is 74.5 cm³/mol. The molecule has 0 spiro atoms. The third-order valence-corrected chi connectivity index (χ3v) is 3.99. The molecule has 0 unspecified atom stereocenters. The number of piperidine rings is 1. The summed E-state index contributed by atoms with van der Waals surface area (Å²) in [7, 11) is 0. The van der Waals surface area contributed by atoms with E-state index in [4.69, 9.17) is 0 Å². The van der Waals surface area contributed by atoms with Crippen molar-refractivity contribution in [3.63, 3.8) is 0 Å². The Morgan fingerprint density at radius 3 is 2.78 bits per heavy atom. The largest absolute Gasteiger partial charge is 0.346 e. The molecule has 0 radical (unpaired) electrons. The molecule has 1 aromatic rings. The molecule has 7 heteroatoms. The van der Waals surface area contributed by atoms with Crippen molar-refractivity contribution in [3.8, 4) is 0 Å². The third kappa shape index (κ3) is 3.40. The van der Waals surface area contributed by atoms with Gasteiger partial charge in [-0.3, -0.25) is 4.79 Å². The molecule has 2 N–H and O–H groups in total. The van der Waals surface area contributed by atoms with Crippen LogP contribution in [0.1, 0.15) is 42.1 Å². The summed E-state index contributed by atoms with van der Waals surface area (Å²) in [6.45, 7) is 6.00. The number of hydrogen-bond donors (Lipinski definition) is 2. The van der Waals surface area contributed by atoms with Gasteiger partial charge in [-0.25, -0.2) is 0 Å². The number of nitrogens with zero attached hydrogens (tertiary/aromatic N) is 2. The lowest BCUT2D eigenvalue weighted by Gasteiger charge is -2.34. The summed E-state index contributed by atoms with van der Waals surface area (Å²) < 4.78 is 3.85. The van der Waals surface area contributed by atoms with Gasteiger partial charge in [0.15, 0.2) is 0 Å². The Kier molecular flexibility index (Phi) is 5.49. The van der Waals surface area contributed by atoms with Gasteiger partial charge >= 0.3 is 0 Å². The molecule has 1 aliphatic rings. The molecule has 0 saturated carbocycles. The Labute approximate surface area is 117 Å². The first-order chi connectivity index (χ1) is 8.14. The summed E-state index contributed by atoms with van der Waals surface area (Å²) in [4.78, 5) is 12.8. The number of hydrogen-bond acceptors (Lipinski definition) is 5. The van der Waals surface area contributed by atoms with Crippen LogP contribution in [0.15, 0.2) is 0 Å². The standard InChI is InChI=1S/C11H18N4OS.ClH/c1-3-8-9(17-15-14-8)10(16)13-11(2)4-6-12-7-5-11;/h12H,3-7H2,1-2H3,(H,13,16);1H. The maximum atomic E-state index is 12.2. The lowest BCUT2D eigenvalue weighted by atomic mass is 9.90. The number of nitrogens with one attached hydrogen (secondary N) is 2. The third-order valence-electron chi connectivity index (χ3n) is 3.22. The summed E-state index contributed by atoms with van der Waals surface area (Å²) in [5, 5.41) is 10.4. The Hall–Kier alpha value is -0.720. The van der Waals surface area contributed by atoms with E-state index in [1.54, 1.807) is 0 Å². The van der Waals surface area contributed by atoms with E-state index < -0.39 is 0 Å². The van der Waals surface area contributed by atoms with Crippen LogP contribution in [0.3, 0.4) is 0 Å². The Balaban J connectivity index is 0.00000162. The van der Waals surface area contributed by atoms with Crippen LogP contribution in [0.4, 0.5) is 0 Å². The summed E-state index contributed by atoms with van der Waals surface area (Å²) in [5.74, 6) is -0.0266. The zero-order valence-electron chi connectivity index (χ0n) is 10.7. The highest BCUT2D eigenvalue weighted by Gasteiger charge is 2.30. The zero-order valence-corrected chi connectivity index (χ0v) is 12.3. The van der Waals surface area contributed by atoms with Gasteiger partial charge in [-0.1, -0.05) is 11.4 Å². The van der Waals surface area contributed by atoms with Crippen LogP contribution in [0.25, 0.3) is 0 Å². The first-order valence-electron chi connectivity index (χ1n) is 5.99. The first-order valence-corrected chi connectivity index (χ1v) is 6.76. The average molecular weight is 291 g/mol. The van der Waals surface area contributed by atoms with Crippen LogP contribution in [-0.4, -0.2) is 34.1 Å². The number of halogens is 1. The fourth-order valence-electron chi connectivity index (χ4n) is 2.05. The van der Waals surface area contributed by atoms with E-state index in [0.717, 1.165) is 38.0 Å². The van der Waals surface area contributed by atoms with Crippen molar-refractivity contribution in [3.05, 3.63) is 10.6 Å². The van der Waals surface area contributed by atoms with Gasteiger partial charge in [0.05, 0.1) is 5.69 Å². The molecular formula is C11H19ClN4OS.